The number of fused-ring (bicyclic) bond motifs is 3. The molecule has 0 aliphatic rings. The van der Waals surface area contributed by atoms with Gasteiger partial charge >= 0.3 is 0 Å². The molecule has 0 radical (unpaired) electrons. The zero-order chi connectivity index (χ0) is 15.1. The molecular formula is C16H11FN4O. The fourth-order valence-corrected chi connectivity index (χ4v) is 2.49. The van der Waals surface area contributed by atoms with Gasteiger partial charge in [-0.15, -0.1) is 0 Å². The molecule has 22 heavy (non-hydrogen) atoms. The Bertz CT molecular complexity index is 996. The molecule has 0 bridgehead atoms. The monoisotopic (exact) mass is 294 g/mol. The van der Waals surface area contributed by atoms with Crippen LogP contribution >= 0.6 is 0 Å². The van der Waals surface area contributed by atoms with E-state index in [2.05, 4.69) is 19.9 Å². The lowest BCUT2D eigenvalue weighted by molar-refractivity contribution is 0.387. The van der Waals surface area contributed by atoms with E-state index in [4.69, 9.17) is 4.74 Å². The molecule has 4 rings (SSSR count). The van der Waals surface area contributed by atoms with Crippen molar-refractivity contribution < 1.29 is 9.13 Å². The number of hydrogen-bond donors (Lipinski definition) is 1. The van der Waals surface area contributed by atoms with Crippen LogP contribution in [0.1, 0.15) is 0 Å². The number of pyridine rings is 1. The third-order valence-corrected chi connectivity index (χ3v) is 3.56. The number of halogens is 1. The van der Waals surface area contributed by atoms with Crippen molar-refractivity contribution >= 4 is 21.9 Å². The third-order valence-electron chi connectivity index (χ3n) is 3.56. The smallest absolute Gasteiger partial charge is 0.176 e. The fraction of sp³-hybridized carbons (Fsp3) is 0.0625. The summed E-state index contributed by atoms with van der Waals surface area (Å²) in [5.74, 6) is 0.0118. The lowest BCUT2D eigenvalue weighted by Crippen LogP contribution is -1.95. The molecule has 0 saturated heterocycles. The van der Waals surface area contributed by atoms with Gasteiger partial charge in [0, 0.05) is 17.8 Å². The van der Waals surface area contributed by atoms with Gasteiger partial charge < -0.3 is 9.72 Å². The van der Waals surface area contributed by atoms with Crippen molar-refractivity contribution in [3.63, 3.8) is 0 Å². The minimum Gasteiger partial charge on any atom is -0.494 e. The largest absolute Gasteiger partial charge is 0.494 e. The second-order valence-corrected chi connectivity index (χ2v) is 4.82. The number of methoxy groups -OCH3 is 1. The van der Waals surface area contributed by atoms with Crippen molar-refractivity contribution in [1.29, 1.82) is 0 Å². The summed E-state index contributed by atoms with van der Waals surface area (Å²) >= 11 is 0. The van der Waals surface area contributed by atoms with Crippen LogP contribution in [0, 0.1) is 5.82 Å². The van der Waals surface area contributed by atoms with E-state index in [0.29, 0.717) is 11.4 Å². The molecule has 0 spiro atoms. The Morgan fingerprint density at radius 2 is 2.05 bits per heavy atom. The molecule has 4 aromatic rings. The van der Waals surface area contributed by atoms with Crippen LogP contribution < -0.4 is 4.74 Å². The first kappa shape index (κ1) is 12.7. The van der Waals surface area contributed by atoms with E-state index >= 15 is 0 Å². The second kappa shape index (κ2) is 4.77. The van der Waals surface area contributed by atoms with Crippen LogP contribution in [0.15, 0.2) is 42.9 Å². The minimum absolute atomic E-state index is 0.168. The lowest BCUT2D eigenvalue weighted by Gasteiger charge is -2.06. The van der Waals surface area contributed by atoms with Crippen molar-refractivity contribution in [2.75, 3.05) is 7.11 Å². The molecule has 0 fully saturated rings. The van der Waals surface area contributed by atoms with Gasteiger partial charge in [-0.1, -0.05) is 6.07 Å². The molecular weight excluding hydrogens is 283 g/mol. The van der Waals surface area contributed by atoms with Gasteiger partial charge in [-0.3, -0.25) is 4.98 Å². The Morgan fingerprint density at radius 1 is 1.14 bits per heavy atom. The zero-order valence-electron chi connectivity index (χ0n) is 11.7. The van der Waals surface area contributed by atoms with Gasteiger partial charge in [0.15, 0.2) is 17.4 Å². The van der Waals surface area contributed by atoms with Crippen LogP contribution in [0.4, 0.5) is 4.39 Å². The van der Waals surface area contributed by atoms with Crippen molar-refractivity contribution in [2.45, 2.75) is 0 Å². The molecule has 0 aliphatic carbocycles. The summed E-state index contributed by atoms with van der Waals surface area (Å²) < 4.78 is 19.4. The van der Waals surface area contributed by atoms with Gasteiger partial charge in [0.1, 0.15) is 5.52 Å². The Kier molecular flexibility index (Phi) is 2.75. The highest BCUT2D eigenvalue weighted by molar-refractivity contribution is 6.04. The number of H-pyrrole nitrogens is 1. The summed E-state index contributed by atoms with van der Waals surface area (Å²) in [4.78, 5) is 16.1. The maximum Gasteiger partial charge on any atom is 0.176 e. The maximum absolute atomic E-state index is 14.4. The van der Waals surface area contributed by atoms with Gasteiger partial charge in [-0.25, -0.2) is 14.4 Å². The lowest BCUT2D eigenvalue weighted by atomic mass is 10.2. The molecule has 0 aliphatic heterocycles. The standard InChI is InChI=1S/C16H11FN4O/c1-22-13-4-2-3-9(14(13)17)16-19-8-12-15(21-16)10-7-18-6-5-11(10)20-12/h2-8,20H,1H3. The topological polar surface area (TPSA) is 63.7 Å². The van der Waals surface area contributed by atoms with Crippen LogP contribution in [0.2, 0.25) is 0 Å². The van der Waals surface area contributed by atoms with E-state index < -0.39 is 5.82 Å². The van der Waals surface area contributed by atoms with Crippen molar-refractivity contribution in [3.05, 3.63) is 48.7 Å². The molecule has 1 N–H and O–H groups in total. The van der Waals surface area contributed by atoms with Gasteiger partial charge in [-0.05, 0) is 18.2 Å². The molecule has 0 saturated carbocycles. The number of ether oxygens (including phenoxy) is 1. The van der Waals surface area contributed by atoms with E-state index in [-0.39, 0.29) is 5.75 Å². The summed E-state index contributed by atoms with van der Waals surface area (Å²) in [7, 11) is 1.43. The van der Waals surface area contributed by atoms with Crippen molar-refractivity contribution in [1.82, 2.24) is 19.9 Å². The molecule has 0 unspecified atom stereocenters. The first-order valence-corrected chi connectivity index (χ1v) is 6.69. The highest BCUT2D eigenvalue weighted by atomic mass is 19.1. The number of rotatable bonds is 2. The number of hydrogen-bond acceptors (Lipinski definition) is 4. The molecule has 3 aromatic heterocycles. The average Bonchev–Trinajstić information content (AvgIpc) is 2.93. The number of nitrogens with one attached hydrogen (secondary N) is 1. The Balaban J connectivity index is 1.98. The molecule has 0 atom stereocenters. The SMILES string of the molecule is COc1cccc(-c2ncc3[nH]c4ccncc4c3n2)c1F. The van der Waals surface area contributed by atoms with Crippen LogP contribution in [0.3, 0.4) is 0 Å². The molecule has 0 amide bonds. The maximum atomic E-state index is 14.4. The van der Waals surface area contributed by atoms with Crippen LogP contribution in [-0.2, 0) is 0 Å². The third kappa shape index (κ3) is 1.81. The van der Waals surface area contributed by atoms with Crippen molar-refractivity contribution in [2.24, 2.45) is 0 Å². The Labute approximate surface area is 124 Å². The summed E-state index contributed by atoms with van der Waals surface area (Å²) in [6.45, 7) is 0. The summed E-state index contributed by atoms with van der Waals surface area (Å²) in [5.41, 5.74) is 2.73. The van der Waals surface area contributed by atoms with Crippen molar-refractivity contribution in [3.8, 4) is 17.1 Å². The Hall–Kier alpha value is -3.02. The quantitative estimate of drug-likeness (QED) is 0.616. The number of nitrogens with zero attached hydrogens (tertiary/aromatic N) is 3. The number of benzene rings is 1. The number of aromatic nitrogens is 4. The van der Waals surface area contributed by atoms with Gasteiger partial charge in [0.25, 0.3) is 0 Å². The first-order chi connectivity index (χ1) is 10.8. The average molecular weight is 294 g/mol. The number of aromatic amines is 1. The molecule has 3 heterocycles. The van der Waals surface area contributed by atoms with Gasteiger partial charge in [0.2, 0.25) is 0 Å². The predicted octanol–water partition coefficient (Wildman–Crippen LogP) is 3.32. The Morgan fingerprint density at radius 3 is 2.91 bits per heavy atom. The van der Waals surface area contributed by atoms with Crippen LogP contribution in [-0.4, -0.2) is 27.0 Å². The highest BCUT2D eigenvalue weighted by Crippen LogP contribution is 2.29. The molecule has 108 valence electrons. The van der Waals surface area contributed by atoms with E-state index in [0.717, 1.165) is 21.9 Å². The van der Waals surface area contributed by atoms with Gasteiger partial charge in [-0.2, -0.15) is 0 Å². The predicted molar refractivity (Wildman–Crippen MR) is 81.1 cm³/mol. The van der Waals surface area contributed by atoms with Gasteiger partial charge in [0.05, 0.1) is 29.9 Å². The van der Waals surface area contributed by atoms with E-state index in [1.165, 1.54) is 7.11 Å². The minimum atomic E-state index is -0.470. The van der Waals surface area contributed by atoms with E-state index in [1.54, 1.807) is 36.8 Å². The van der Waals surface area contributed by atoms with Crippen LogP contribution in [0.5, 0.6) is 5.75 Å². The summed E-state index contributed by atoms with van der Waals surface area (Å²) in [6.07, 6.45) is 5.08. The first-order valence-electron chi connectivity index (χ1n) is 6.69. The summed E-state index contributed by atoms with van der Waals surface area (Å²) in [5, 5.41) is 0.879. The summed E-state index contributed by atoms with van der Waals surface area (Å²) in [6, 6.07) is 6.77. The molecule has 5 nitrogen and oxygen atoms in total. The molecule has 6 heteroatoms. The molecule has 1 aromatic carbocycles. The normalized spacial score (nSPS) is 11.2. The van der Waals surface area contributed by atoms with E-state index in [1.807, 2.05) is 6.07 Å². The van der Waals surface area contributed by atoms with E-state index in [9.17, 15) is 4.39 Å². The fourth-order valence-electron chi connectivity index (χ4n) is 2.49. The van der Waals surface area contributed by atoms with Crippen LogP contribution in [0.25, 0.3) is 33.3 Å². The highest BCUT2D eigenvalue weighted by Gasteiger charge is 2.14. The second-order valence-electron chi connectivity index (χ2n) is 4.82. The zero-order valence-corrected chi connectivity index (χ0v) is 11.7.